The van der Waals surface area contributed by atoms with E-state index in [1.165, 1.54) is 29.7 Å². The van der Waals surface area contributed by atoms with Gasteiger partial charge in [0.25, 0.3) is 10.0 Å². The molecule has 17 heavy (non-hydrogen) atoms. The molecule has 4 nitrogen and oxygen atoms in total. The molecule has 1 aromatic carbocycles. The number of thiazole rings is 1. The number of hydrogen-bond acceptors (Lipinski definition) is 4. The zero-order valence-electron chi connectivity index (χ0n) is 8.22. The number of nitrogens with zero attached hydrogens (tertiary/aromatic N) is 1. The van der Waals surface area contributed by atoms with Crippen LogP contribution in [0.5, 0.6) is 0 Å². The van der Waals surface area contributed by atoms with Gasteiger partial charge in [0, 0.05) is 16.0 Å². The van der Waals surface area contributed by atoms with E-state index in [1.807, 2.05) is 0 Å². The van der Waals surface area contributed by atoms with E-state index in [2.05, 4.69) is 25.6 Å². The van der Waals surface area contributed by atoms with Crippen LogP contribution in [0.3, 0.4) is 0 Å². The fourth-order valence-electron chi connectivity index (χ4n) is 1.09. The zero-order chi connectivity index (χ0) is 12.5. The van der Waals surface area contributed by atoms with Crippen molar-refractivity contribution in [1.82, 2.24) is 4.98 Å². The highest BCUT2D eigenvalue weighted by Crippen LogP contribution is 2.26. The largest absolute Gasteiger partial charge is 0.263 e. The van der Waals surface area contributed by atoms with Crippen molar-refractivity contribution in [2.75, 3.05) is 4.72 Å². The monoisotopic (exact) mass is 352 g/mol. The molecule has 0 saturated heterocycles. The molecule has 0 unspecified atom stereocenters. The molecule has 2 aromatic rings. The van der Waals surface area contributed by atoms with E-state index in [0.29, 0.717) is 14.6 Å². The Kier molecular flexibility index (Phi) is 3.72. The molecule has 1 N–H and O–H groups in total. The molecule has 0 aliphatic heterocycles. The Labute approximate surface area is 116 Å². The first-order chi connectivity index (χ1) is 7.99. The summed E-state index contributed by atoms with van der Waals surface area (Å²) in [4.78, 5) is 3.95. The highest BCUT2D eigenvalue weighted by Gasteiger charge is 2.16. The fourth-order valence-corrected chi connectivity index (χ4v) is 3.40. The number of hydrogen-bond donors (Lipinski definition) is 1. The van der Waals surface area contributed by atoms with Gasteiger partial charge in [-0.1, -0.05) is 11.6 Å². The molecule has 90 valence electrons. The van der Waals surface area contributed by atoms with Crippen LogP contribution in [0.25, 0.3) is 0 Å². The van der Waals surface area contributed by atoms with Crippen molar-refractivity contribution in [1.29, 1.82) is 0 Å². The predicted molar refractivity (Wildman–Crippen MR) is 72.1 cm³/mol. The Hall–Kier alpha value is -0.630. The van der Waals surface area contributed by atoms with E-state index >= 15 is 0 Å². The van der Waals surface area contributed by atoms with Crippen LogP contribution in [0.4, 0.5) is 5.13 Å². The maximum absolute atomic E-state index is 11.9. The van der Waals surface area contributed by atoms with Crippen LogP contribution in [0, 0.1) is 0 Å². The van der Waals surface area contributed by atoms with Gasteiger partial charge in [-0.2, -0.15) is 0 Å². The van der Waals surface area contributed by atoms with Crippen LogP contribution in [0.2, 0.25) is 5.02 Å². The van der Waals surface area contributed by atoms with Crippen LogP contribution in [-0.2, 0) is 10.0 Å². The molecule has 0 aliphatic carbocycles. The predicted octanol–water partition coefficient (Wildman–Crippen LogP) is 3.36. The summed E-state index contributed by atoms with van der Waals surface area (Å²) < 4.78 is 26.9. The molecule has 0 radical (unpaired) electrons. The van der Waals surface area contributed by atoms with E-state index in [-0.39, 0.29) is 4.90 Å². The second-order valence-electron chi connectivity index (χ2n) is 3.02. The van der Waals surface area contributed by atoms with Gasteiger partial charge in [-0.15, -0.1) is 11.3 Å². The Bertz CT molecular complexity index is 628. The van der Waals surface area contributed by atoms with Gasteiger partial charge in [-0.05, 0) is 34.1 Å². The topological polar surface area (TPSA) is 59.1 Å². The molecule has 0 fully saturated rings. The number of aromatic nitrogens is 1. The molecule has 0 aliphatic rings. The van der Waals surface area contributed by atoms with Crippen molar-refractivity contribution < 1.29 is 8.42 Å². The minimum atomic E-state index is -3.63. The fraction of sp³-hybridized carbons (Fsp3) is 0. The van der Waals surface area contributed by atoms with Crippen molar-refractivity contribution in [3.63, 3.8) is 0 Å². The van der Waals surface area contributed by atoms with Gasteiger partial charge in [0.05, 0.1) is 9.92 Å². The highest BCUT2D eigenvalue weighted by atomic mass is 79.9. The second kappa shape index (κ2) is 4.93. The van der Waals surface area contributed by atoms with Gasteiger partial charge < -0.3 is 0 Å². The van der Waals surface area contributed by atoms with Crippen LogP contribution in [-0.4, -0.2) is 13.4 Å². The molecule has 0 amide bonds. The van der Waals surface area contributed by atoms with E-state index in [0.717, 1.165) is 0 Å². The van der Waals surface area contributed by atoms with Crippen LogP contribution < -0.4 is 4.72 Å². The maximum atomic E-state index is 11.9. The van der Waals surface area contributed by atoms with Crippen molar-refractivity contribution in [3.05, 3.63) is 39.3 Å². The van der Waals surface area contributed by atoms with Crippen molar-refractivity contribution in [3.8, 4) is 0 Å². The molecule has 8 heteroatoms. The lowest BCUT2D eigenvalue weighted by molar-refractivity contribution is 0.601. The second-order valence-corrected chi connectivity index (χ2v) is 6.86. The third-order valence-electron chi connectivity index (χ3n) is 1.86. The first-order valence-corrected chi connectivity index (χ1v) is 7.90. The number of halogens is 2. The van der Waals surface area contributed by atoms with E-state index < -0.39 is 10.0 Å². The van der Waals surface area contributed by atoms with E-state index in [1.54, 1.807) is 11.4 Å². The molecule has 0 saturated carbocycles. The first kappa shape index (κ1) is 12.8. The molecular formula is C9H6BrClN2O2S2. The van der Waals surface area contributed by atoms with Crippen LogP contribution >= 0.6 is 38.9 Å². The Balaban J connectivity index is 2.35. The van der Waals surface area contributed by atoms with E-state index in [4.69, 9.17) is 11.6 Å². The van der Waals surface area contributed by atoms with Gasteiger partial charge in [0.2, 0.25) is 0 Å². The Morgan fingerprint density at radius 2 is 2.18 bits per heavy atom. The third kappa shape index (κ3) is 2.98. The Morgan fingerprint density at radius 1 is 1.41 bits per heavy atom. The van der Waals surface area contributed by atoms with E-state index in [9.17, 15) is 8.42 Å². The van der Waals surface area contributed by atoms with Gasteiger partial charge in [0.1, 0.15) is 0 Å². The van der Waals surface area contributed by atoms with Crippen molar-refractivity contribution in [2.24, 2.45) is 0 Å². The van der Waals surface area contributed by atoms with Gasteiger partial charge in [-0.3, -0.25) is 4.72 Å². The summed E-state index contributed by atoms with van der Waals surface area (Å²) in [6, 6.07) is 4.42. The van der Waals surface area contributed by atoms with Gasteiger partial charge >= 0.3 is 0 Å². The quantitative estimate of drug-likeness (QED) is 0.920. The lowest BCUT2D eigenvalue weighted by Crippen LogP contribution is -2.12. The summed E-state index contributed by atoms with van der Waals surface area (Å²) in [7, 11) is -3.63. The number of anilines is 1. The van der Waals surface area contributed by atoms with Crippen molar-refractivity contribution >= 4 is 54.0 Å². The summed E-state index contributed by atoms with van der Waals surface area (Å²) in [5.41, 5.74) is 0. The normalized spacial score (nSPS) is 11.4. The number of rotatable bonds is 3. The third-order valence-corrected chi connectivity index (χ3v) is 5.24. The van der Waals surface area contributed by atoms with Gasteiger partial charge in [0.15, 0.2) is 5.13 Å². The number of nitrogens with one attached hydrogen (secondary N) is 1. The average molecular weight is 354 g/mol. The Morgan fingerprint density at radius 3 is 2.76 bits per heavy atom. The number of sulfonamides is 1. The summed E-state index contributed by atoms with van der Waals surface area (Å²) in [5, 5.41) is 2.35. The smallest absolute Gasteiger partial charge is 0.255 e. The van der Waals surface area contributed by atoms with Crippen molar-refractivity contribution in [2.45, 2.75) is 4.90 Å². The highest BCUT2D eigenvalue weighted by molar-refractivity contribution is 9.10. The summed E-state index contributed by atoms with van der Waals surface area (Å²) in [5.74, 6) is 0. The SMILES string of the molecule is O=S(=O)(Nc1nccs1)c1ccc(Br)c(Cl)c1. The van der Waals surface area contributed by atoms with Crippen LogP contribution in [0.15, 0.2) is 39.1 Å². The maximum Gasteiger partial charge on any atom is 0.263 e. The molecule has 0 atom stereocenters. The van der Waals surface area contributed by atoms with Gasteiger partial charge in [-0.25, -0.2) is 13.4 Å². The minimum Gasteiger partial charge on any atom is -0.255 e. The molecule has 0 spiro atoms. The lowest BCUT2D eigenvalue weighted by Gasteiger charge is -2.05. The molecule has 1 aromatic heterocycles. The molecule has 1 heterocycles. The summed E-state index contributed by atoms with van der Waals surface area (Å²) in [6.07, 6.45) is 1.52. The summed E-state index contributed by atoms with van der Waals surface area (Å²) in [6.45, 7) is 0. The standard InChI is InChI=1S/C9H6BrClN2O2S2/c10-7-2-1-6(5-8(7)11)17(14,15)13-9-12-3-4-16-9/h1-5H,(H,12,13). The minimum absolute atomic E-state index is 0.0981. The lowest BCUT2D eigenvalue weighted by atomic mass is 10.4. The van der Waals surface area contributed by atoms with Crippen LogP contribution in [0.1, 0.15) is 0 Å². The average Bonchev–Trinajstić information content (AvgIpc) is 2.73. The molecule has 2 rings (SSSR count). The molecular weight excluding hydrogens is 348 g/mol. The molecule has 0 bridgehead atoms. The number of benzene rings is 1. The first-order valence-electron chi connectivity index (χ1n) is 4.36. The summed E-state index contributed by atoms with van der Waals surface area (Å²) >= 11 is 10.3. The zero-order valence-corrected chi connectivity index (χ0v) is 12.2.